The zero-order valence-electron chi connectivity index (χ0n) is 10.8. The lowest BCUT2D eigenvalue weighted by molar-refractivity contribution is 0.256. The minimum absolute atomic E-state index is 0.252. The first-order valence-corrected chi connectivity index (χ1v) is 8.03. The van der Waals surface area contributed by atoms with Gasteiger partial charge in [0.15, 0.2) is 0 Å². The summed E-state index contributed by atoms with van der Waals surface area (Å²) in [6.45, 7) is 1.07. The maximum absolute atomic E-state index is 11.3. The van der Waals surface area contributed by atoms with Crippen LogP contribution in [0.5, 0.6) is 0 Å². The standard InChI is InChI=1S/C14H21NO2S/c1-18(17)13-6-2-11(3-7-13)10-15-14(8-9-16)12-4-5-12/h2-3,6-7,12,14-16H,4-5,8-10H2,1H3. The van der Waals surface area contributed by atoms with E-state index in [2.05, 4.69) is 5.32 Å². The summed E-state index contributed by atoms with van der Waals surface area (Å²) in [6.07, 6.45) is 5.09. The second-order valence-corrected chi connectivity index (χ2v) is 6.31. The van der Waals surface area contributed by atoms with Crippen LogP contribution in [0.2, 0.25) is 0 Å². The lowest BCUT2D eigenvalue weighted by Crippen LogP contribution is -2.31. The molecule has 0 saturated heterocycles. The van der Waals surface area contributed by atoms with Crippen LogP contribution in [0, 0.1) is 5.92 Å². The average Bonchev–Trinajstić information content (AvgIpc) is 3.19. The van der Waals surface area contributed by atoms with Crippen molar-refractivity contribution in [3.8, 4) is 0 Å². The fourth-order valence-electron chi connectivity index (χ4n) is 2.19. The number of hydrogen-bond donors (Lipinski definition) is 2. The van der Waals surface area contributed by atoms with Crippen molar-refractivity contribution in [2.45, 2.75) is 36.7 Å². The van der Waals surface area contributed by atoms with Gasteiger partial charge < -0.3 is 10.4 Å². The molecule has 4 heteroatoms. The maximum atomic E-state index is 11.3. The van der Waals surface area contributed by atoms with Crippen molar-refractivity contribution in [3.05, 3.63) is 29.8 Å². The number of benzene rings is 1. The van der Waals surface area contributed by atoms with Gasteiger partial charge in [-0.05, 0) is 42.9 Å². The zero-order valence-corrected chi connectivity index (χ0v) is 11.6. The molecule has 1 aromatic carbocycles. The molecule has 0 radical (unpaired) electrons. The summed E-state index contributed by atoms with van der Waals surface area (Å²) in [7, 11) is -0.904. The van der Waals surface area contributed by atoms with Gasteiger partial charge in [0.25, 0.3) is 0 Å². The van der Waals surface area contributed by atoms with Crippen molar-refractivity contribution in [1.29, 1.82) is 0 Å². The van der Waals surface area contributed by atoms with Gasteiger partial charge in [-0.3, -0.25) is 4.21 Å². The van der Waals surface area contributed by atoms with E-state index in [1.807, 2.05) is 24.3 Å². The second kappa shape index (κ2) is 6.45. The van der Waals surface area contributed by atoms with E-state index >= 15 is 0 Å². The van der Waals surface area contributed by atoms with Crippen LogP contribution in [0.4, 0.5) is 0 Å². The first-order chi connectivity index (χ1) is 8.70. The Balaban J connectivity index is 1.86. The van der Waals surface area contributed by atoms with Gasteiger partial charge in [0.1, 0.15) is 0 Å². The Morgan fingerprint density at radius 2 is 2.06 bits per heavy atom. The molecule has 2 rings (SSSR count). The molecule has 0 aromatic heterocycles. The summed E-state index contributed by atoms with van der Waals surface area (Å²) >= 11 is 0. The number of nitrogens with one attached hydrogen (secondary N) is 1. The molecule has 1 aromatic rings. The third-order valence-corrected chi connectivity index (χ3v) is 4.39. The van der Waals surface area contributed by atoms with Crippen molar-refractivity contribution in [2.75, 3.05) is 12.9 Å². The van der Waals surface area contributed by atoms with Crippen molar-refractivity contribution in [1.82, 2.24) is 5.32 Å². The number of hydrogen-bond acceptors (Lipinski definition) is 3. The highest BCUT2D eigenvalue weighted by molar-refractivity contribution is 7.84. The molecule has 2 unspecified atom stereocenters. The van der Waals surface area contributed by atoms with E-state index in [4.69, 9.17) is 5.11 Å². The van der Waals surface area contributed by atoms with Crippen LogP contribution in [0.15, 0.2) is 29.2 Å². The Morgan fingerprint density at radius 3 is 2.56 bits per heavy atom. The van der Waals surface area contributed by atoms with Gasteiger partial charge in [-0.1, -0.05) is 12.1 Å². The SMILES string of the molecule is CS(=O)c1ccc(CNC(CCO)C2CC2)cc1. The molecular formula is C14H21NO2S. The minimum atomic E-state index is -0.904. The van der Waals surface area contributed by atoms with Crippen molar-refractivity contribution in [3.63, 3.8) is 0 Å². The van der Waals surface area contributed by atoms with Crippen molar-refractivity contribution < 1.29 is 9.32 Å². The molecule has 18 heavy (non-hydrogen) atoms. The Morgan fingerprint density at radius 1 is 1.39 bits per heavy atom. The third-order valence-electron chi connectivity index (χ3n) is 3.45. The summed E-state index contributed by atoms with van der Waals surface area (Å²) in [5.41, 5.74) is 1.20. The molecule has 2 N–H and O–H groups in total. The lowest BCUT2D eigenvalue weighted by atomic mass is 10.1. The summed E-state index contributed by atoms with van der Waals surface area (Å²) in [4.78, 5) is 0.868. The smallest absolute Gasteiger partial charge is 0.0498 e. The Bertz CT molecular complexity index is 401. The second-order valence-electron chi connectivity index (χ2n) is 4.94. The molecule has 0 spiro atoms. The van der Waals surface area contributed by atoms with Gasteiger partial charge in [0, 0.05) is 41.1 Å². The fourth-order valence-corrected chi connectivity index (χ4v) is 2.71. The van der Waals surface area contributed by atoms with Gasteiger partial charge in [-0.15, -0.1) is 0 Å². The monoisotopic (exact) mass is 267 g/mol. The highest BCUT2D eigenvalue weighted by atomic mass is 32.2. The Hall–Kier alpha value is -0.710. The molecule has 0 aliphatic heterocycles. The van der Waals surface area contributed by atoms with Crippen molar-refractivity contribution in [2.24, 2.45) is 5.92 Å². The zero-order chi connectivity index (χ0) is 13.0. The molecule has 0 heterocycles. The van der Waals surface area contributed by atoms with E-state index in [0.717, 1.165) is 23.8 Å². The maximum Gasteiger partial charge on any atom is 0.0498 e. The summed E-state index contributed by atoms with van der Waals surface area (Å²) in [6, 6.07) is 8.32. The normalized spacial score (nSPS) is 18.6. The van der Waals surface area contributed by atoms with Crippen LogP contribution in [0.3, 0.4) is 0 Å². The highest BCUT2D eigenvalue weighted by Gasteiger charge is 2.30. The molecule has 0 amide bonds. The predicted octanol–water partition coefficient (Wildman–Crippen LogP) is 1.67. The van der Waals surface area contributed by atoms with Crippen LogP contribution < -0.4 is 5.32 Å². The molecule has 0 bridgehead atoms. The first-order valence-electron chi connectivity index (χ1n) is 6.47. The van der Waals surface area contributed by atoms with Crippen LogP contribution in [0.25, 0.3) is 0 Å². The molecule has 1 aliphatic rings. The Labute approximate surface area is 111 Å². The number of aliphatic hydroxyl groups excluding tert-OH is 1. The number of rotatable bonds is 7. The molecule has 1 fully saturated rings. The summed E-state index contributed by atoms with van der Waals surface area (Å²) < 4.78 is 11.3. The van der Waals surface area contributed by atoms with Crippen LogP contribution in [0.1, 0.15) is 24.8 Å². The first kappa shape index (κ1) is 13.7. The van der Waals surface area contributed by atoms with Crippen LogP contribution in [-0.4, -0.2) is 28.2 Å². The van der Waals surface area contributed by atoms with Gasteiger partial charge in [0.2, 0.25) is 0 Å². The molecular weight excluding hydrogens is 246 g/mol. The minimum Gasteiger partial charge on any atom is -0.396 e. The van der Waals surface area contributed by atoms with Gasteiger partial charge in [0.05, 0.1) is 0 Å². The van der Waals surface area contributed by atoms with Crippen LogP contribution in [-0.2, 0) is 17.3 Å². The van der Waals surface area contributed by atoms with E-state index in [1.54, 1.807) is 6.26 Å². The topological polar surface area (TPSA) is 49.3 Å². The van der Waals surface area contributed by atoms with E-state index in [-0.39, 0.29) is 6.61 Å². The van der Waals surface area contributed by atoms with Crippen LogP contribution >= 0.6 is 0 Å². The largest absolute Gasteiger partial charge is 0.396 e. The molecule has 1 saturated carbocycles. The number of aliphatic hydroxyl groups is 1. The predicted molar refractivity (Wildman–Crippen MR) is 73.8 cm³/mol. The third kappa shape index (κ3) is 3.90. The molecule has 1 aliphatic carbocycles. The Kier molecular flexibility index (Phi) is 4.92. The summed E-state index contributed by atoms with van der Waals surface area (Å²) in [5, 5.41) is 12.5. The molecule has 100 valence electrons. The lowest BCUT2D eigenvalue weighted by Gasteiger charge is -2.17. The molecule has 2 atom stereocenters. The van der Waals surface area contributed by atoms with E-state index < -0.39 is 10.8 Å². The van der Waals surface area contributed by atoms with Gasteiger partial charge >= 0.3 is 0 Å². The van der Waals surface area contributed by atoms with E-state index in [0.29, 0.717) is 6.04 Å². The van der Waals surface area contributed by atoms with Gasteiger partial charge in [-0.2, -0.15) is 0 Å². The van der Waals surface area contributed by atoms with Gasteiger partial charge in [-0.25, -0.2) is 0 Å². The quantitative estimate of drug-likeness (QED) is 0.790. The highest BCUT2D eigenvalue weighted by Crippen LogP contribution is 2.34. The van der Waals surface area contributed by atoms with Crippen molar-refractivity contribution >= 4 is 10.8 Å². The fraction of sp³-hybridized carbons (Fsp3) is 0.571. The molecule has 3 nitrogen and oxygen atoms in total. The van der Waals surface area contributed by atoms with E-state index in [1.165, 1.54) is 18.4 Å². The average molecular weight is 267 g/mol. The van der Waals surface area contributed by atoms with E-state index in [9.17, 15) is 4.21 Å². The summed E-state index contributed by atoms with van der Waals surface area (Å²) in [5.74, 6) is 0.750.